The van der Waals surface area contributed by atoms with Crippen molar-refractivity contribution in [2.24, 2.45) is 5.73 Å². The molecule has 1 heterocycles. The molecule has 0 amide bonds. The third-order valence-electron chi connectivity index (χ3n) is 1.67. The molecule has 0 radical (unpaired) electrons. The van der Waals surface area contributed by atoms with Crippen molar-refractivity contribution >= 4 is 0 Å². The first kappa shape index (κ1) is 9.67. The standard InChI is InChI=1S/C9H13N3O/c1-7(3-10)5-12-6-8(2)4-11-9(12)13/h4,6H,1,3,5,10H2,2H3. The smallest absolute Gasteiger partial charge is 0.327 e. The van der Waals surface area contributed by atoms with Gasteiger partial charge in [-0.25, -0.2) is 9.78 Å². The van der Waals surface area contributed by atoms with Crippen LogP contribution >= 0.6 is 0 Å². The Kier molecular flexibility index (Phi) is 2.97. The molecular weight excluding hydrogens is 166 g/mol. The second kappa shape index (κ2) is 4.00. The molecule has 13 heavy (non-hydrogen) atoms. The van der Waals surface area contributed by atoms with Crippen LogP contribution in [0.3, 0.4) is 0 Å². The largest absolute Gasteiger partial charge is 0.347 e. The van der Waals surface area contributed by atoms with Gasteiger partial charge in [0.25, 0.3) is 0 Å². The summed E-state index contributed by atoms with van der Waals surface area (Å²) in [6, 6.07) is 0. The van der Waals surface area contributed by atoms with Crippen molar-refractivity contribution in [2.75, 3.05) is 6.54 Å². The molecule has 1 aromatic heterocycles. The summed E-state index contributed by atoms with van der Waals surface area (Å²) < 4.78 is 1.50. The zero-order valence-electron chi connectivity index (χ0n) is 7.66. The maximum atomic E-state index is 11.2. The summed E-state index contributed by atoms with van der Waals surface area (Å²) >= 11 is 0. The lowest BCUT2D eigenvalue weighted by molar-refractivity contribution is 0.703. The number of nitrogens with zero attached hydrogens (tertiary/aromatic N) is 2. The topological polar surface area (TPSA) is 60.9 Å². The first-order valence-corrected chi connectivity index (χ1v) is 4.03. The van der Waals surface area contributed by atoms with Crippen LogP contribution in [0.1, 0.15) is 5.56 Å². The van der Waals surface area contributed by atoms with Gasteiger partial charge in [0.15, 0.2) is 0 Å². The van der Waals surface area contributed by atoms with E-state index in [1.807, 2.05) is 6.92 Å². The second-order valence-electron chi connectivity index (χ2n) is 3.00. The summed E-state index contributed by atoms with van der Waals surface area (Å²) in [6.07, 6.45) is 3.29. The average Bonchev–Trinajstić information content (AvgIpc) is 2.11. The van der Waals surface area contributed by atoms with E-state index in [2.05, 4.69) is 11.6 Å². The van der Waals surface area contributed by atoms with Crippen molar-refractivity contribution in [3.63, 3.8) is 0 Å². The van der Waals surface area contributed by atoms with Crippen molar-refractivity contribution in [1.82, 2.24) is 9.55 Å². The Morgan fingerprint density at radius 3 is 3.08 bits per heavy atom. The summed E-state index contributed by atoms with van der Waals surface area (Å²) in [6.45, 7) is 6.45. The van der Waals surface area contributed by atoms with Gasteiger partial charge < -0.3 is 5.73 Å². The lowest BCUT2D eigenvalue weighted by Crippen LogP contribution is -2.24. The monoisotopic (exact) mass is 179 g/mol. The summed E-state index contributed by atoms with van der Waals surface area (Å²) in [5.74, 6) is 0. The van der Waals surface area contributed by atoms with Crippen molar-refractivity contribution in [1.29, 1.82) is 0 Å². The summed E-state index contributed by atoms with van der Waals surface area (Å²) in [7, 11) is 0. The molecule has 0 saturated heterocycles. The van der Waals surface area contributed by atoms with Crippen molar-refractivity contribution < 1.29 is 0 Å². The molecule has 0 aliphatic carbocycles. The van der Waals surface area contributed by atoms with Crippen LogP contribution in [0, 0.1) is 6.92 Å². The minimum atomic E-state index is -0.264. The van der Waals surface area contributed by atoms with Crippen LogP contribution < -0.4 is 11.4 Å². The van der Waals surface area contributed by atoms with E-state index in [0.717, 1.165) is 11.1 Å². The molecule has 0 bridgehead atoms. The van der Waals surface area contributed by atoms with Crippen LogP contribution in [-0.4, -0.2) is 16.1 Å². The van der Waals surface area contributed by atoms with E-state index in [4.69, 9.17) is 5.73 Å². The normalized spacial score (nSPS) is 10.0. The van der Waals surface area contributed by atoms with Crippen LogP contribution in [0.4, 0.5) is 0 Å². The Bertz CT molecular complexity index is 367. The fourth-order valence-corrected chi connectivity index (χ4v) is 0.984. The third kappa shape index (κ3) is 2.52. The first-order valence-electron chi connectivity index (χ1n) is 4.03. The Morgan fingerprint density at radius 2 is 2.46 bits per heavy atom. The van der Waals surface area contributed by atoms with Gasteiger partial charge in [0.05, 0.1) is 0 Å². The molecule has 0 atom stereocenters. The zero-order valence-corrected chi connectivity index (χ0v) is 7.66. The molecule has 0 aliphatic rings. The van der Waals surface area contributed by atoms with Crippen molar-refractivity contribution in [2.45, 2.75) is 13.5 Å². The van der Waals surface area contributed by atoms with Crippen LogP contribution in [-0.2, 0) is 6.54 Å². The quantitative estimate of drug-likeness (QED) is 0.668. The summed E-state index contributed by atoms with van der Waals surface area (Å²) in [5, 5.41) is 0. The van der Waals surface area contributed by atoms with Gasteiger partial charge in [0, 0.05) is 25.5 Å². The van der Waals surface area contributed by atoms with E-state index in [1.165, 1.54) is 4.57 Å². The van der Waals surface area contributed by atoms with Gasteiger partial charge in [-0.05, 0) is 18.1 Å². The van der Waals surface area contributed by atoms with Gasteiger partial charge in [0.2, 0.25) is 0 Å². The number of hydrogen-bond donors (Lipinski definition) is 1. The number of rotatable bonds is 3. The molecule has 0 spiro atoms. The highest BCUT2D eigenvalue weighted by Crippen LogP contribution is 1.94. The molecule has 0 fully saturated rings. The molecule has 0 unspecified atom stereocenters. The number of hydrogen-bond acceptors (Lipinski definition) is 3. The number of nitrogens with two attached hydrogens (primary N) is 1. The molecule has 1 aromatic rings. The van der Waals surface area contributed by atoms with Gasteiger partial charge in [-0.3, -0.25) is 4.57 Å². The molecule has 0 saturated carbocycles. The third-order valence-corrected chi connectivity index (χ3v) is 1.67. The Balaban J connectivity index is 2.94. The zero-order chi connectivity index (χ0) is 9.84. The molecule has 4 heteroatoms. The molecule has 2 N–H and O–H groups in total. The molecule has 1 rings (SSSR count). The van der Waals surface area contributed by atoms with E-state index in [0.29, 0.717) is 13.1 Å². The summed E-state index contributed by atoms with van der Waals surface area (Å²) in [5.41, 5.74) is 6.87. The molecular formula is C9H13N3O. The van der Waals surface area contributed by atoms with Crippen LogP contribution in [0.5, 0.6) is 0 Å². The van der Waals surface area contributed by atoms with E-state index in [1.54, 1.807) is 12.4 Å². The highest BCUT2D eigenvalue weighted by atomic mass is 16.1. The van der Waals surface area contributed by atoms with Gasteiger partial charge in [-0.15, -0.1) is 0 Å². The predicted molar refractivity (Wildman–Crippen MR) is 51.4 cm³/mol. The lowest BCUT2D eigenvalue weighted by atomic mass is 10.3. The number of aryl methyl sites for hydroxylation is 1. The van der Waals surface area contributed by atoms with Gasteiger partial charge in [-0.1, -0.05) is 6.58 Å². The Labute approximate surface area is 76.7 Å². The van der Waals surface area contributed by atoms with Crippen LogP contribution in [0.2, 0.25) is 0 Å². The van der Waals surface area contributed by atoms with Crippen molar-refractivity contribution in [3.8, 4) is 0 Å². The molecule has 70 valence electrons. The van der Waals surface area contributed by atoms with Crippen LogP contribution in [0.15, 0.2) is 29.3 Å². The molecule has 4 nitrogen and oxygen atoms in total. The fourth-order valence-electron chi connectivity index (χ4n) is 0.984. The fraction of sp³-hybridized carbons (Fsp3) is 0.333. The lowest BCUT2D eigenvalue weighted by Gasteiger charge is -2.05. The Morgan fingerprint density at radius 1 is 1.77 bits per heavy atom. The van der Waals surface area contributed by atoms with Gasteiger partial charge >= 0.3 is 5.69 Å². The van der Waals surface area contributed by atoms with Gasteiger partial charge in [0.1, 0.15) is 0 Å². The maximum absolute atomic E-state index is 11.2. The predicted octanol–water partition coefficient (Wildman–Crippen LogP) is 0.0666. The van der Waals surface area contributed by atoms with E-state index in [-0.39, 0.29) is 5.69 Å². The minimum Gasteiger partial charge on any atom is -0.327 e. The minimum absolute atomic E-state index is 0.264. The second-order valence-corrected chi connectivity index (χ2v) is 3.00. The SMILES string of the molecule is C=C(CN)Cn1cc(C)cnc1=O. The highest BCUT2D eigenvalue weighted by Gasteiger charge is 1.98. The van der Waals surface area contributed by atoms with E-state index < -0.39 is 0 Å². The average molecular weight is 179 g/mol. The van der Waals surface area contributed by atoms with Crippen LogP contribution in [0.25, 0.3) is 0 Å². The molecule has 0 aliphatic heterocycles. The Hall–Kier alpha value is -1.42. The highest BCUT2D eigenvalue weighted by molar-refractivity contribution is 5.03. The van der Waals surface area contributed by atoms with E-state index >= 15 is 0 Å². The van der Waals surface area contributed by atoms with Gasteiger partial charge in [-0.2, -0.15) is 0 Å². The maximum Gasteiger partial charge on any atom is 0.347 e. The number of aromatic nitrogens is 2. The summed E-state index contributed by atoms with van der Waals surface area (Å²) in [4.78, 5) is 14.9. The van der Waals surface area contributed by atoms with Crippen molar-refractivity contribution in [3.05, 3.63) is 40.6 Å². The molecule has 0 aromatic carbocycles. The van der Waals surface area contributed by atoms with E-state index in [9.17, 15) is 4.79 Å². The first-order chi connectivity index (χ1) is 6.13.